The van der Waals surface area contributed by atoms with Crippen molar-refractivity contribution in [3.8, 4) is 0 Å². The van der Waals surface area contributed by atoms with E-state index in [2.05, 4.69) is 0 Å². The molecule has 6 nitrogen and oxygen atoms in total. The number of carbonyl (C=O) groups is 2. The number of carboxylic acid groups (broad SMARTS) is 1. The molecule has 6 heteroatoms. The Balaban J connectivity index is 2.67. The van der Waals surface area contributed by atoms with Gasteiger partial charge in [0.2, 0.25) is 5.91 Å². The molecule has 0 aromatic heterocycles. The zero-order valence-corrected chi connectivity index (χ0v) is 8.73. The number of likely N-dealkylation sites (N-methyl/N-ethyl adjacent to an activating group) is 1. The second-order valence-electron chi connectivity index (χ2n) is 3.67. The van der Waals surface area contributed by atoms with Gasteiger partial charge in [0.15, 0.2) is 0 Å². The lowest BCUT2D eigenvalue weighted by Crippen LogP contribution is -2.56. The van der Waals surface area contributed by atoms with Gasteiger partial charge >= 0.3 is 5.97 Å². The van der Waals surface area contributed by atoms with E-state index in [-0.39, 0.29) is 19.1 Å². The Kier molecular flexibility index (Phi) is 3.65. The van der Waals surface area contributed by atoms with Crippen LogP contribution in [0.15, 0.2) is 0 Å². The first kappa shape index (κ1) is 11.9. The number of ether oxygens (including phenoxy) is 1. The molecule has 0 spiro atoms. The van der Waals surface area contributed by atoms with Gasteiger partial charge in [-0.15, -0.1) is 0 Å². The van der Waals surface area contributed by atoms with Crippen molar-refractivity contribution in [3.63, 3.8) is 0 Å². The second kappa shape index (κ2) is 4.59. The molecule has 0 aromatic rings. The Morgan fingerprint density at radius 1 is 1.60 bits per heavy atom. The second-order valence-corrected chi connectivity index (χ2v) is 3.67. The fourth-order valence-corrected chi connectivity index (χ4v) is 1.55. The van der Waals surface area contributed by atoms with Gasteiger partial charge in [-0.3, -0.25) is 9.59 Å². The molecule has 1 unspecified atom stereocenters. The summed E-state index contributed by atoms with van der Waals surface area (Å²) in [6.07, 6.45) is 0.446. The molecule has 0 saturated carbocycles. The van der Waals surface area contributed by atoms with Gasteiger partial charge in [0, 0.05) is 13.2 Å². The minimum atomic E-state index is -1.04. The Morgan fingerprint density at radius 3 is 2.67 bits per heavy atom. The van der Waals surface area contributed by atoms with Crippen molar-refractivity contribution in [2.75, 3.05) is 26.3 Å². The maximum atomic E-state index is 11.9. The molecule has 0 aliphatic carbocycles. The normalized spacial score (nSPS) is 25.2. The molecule has 1 amide bonds. The van der Waals surface area contributed by atoms with Crippen LogP contribution in [-0.2, 0) is 14.3 Å². The molecule has 0 bridgehead atoms. The Labute approximate surface area is 88.0 Å². The van der Waals surface area contributed by atoms with Crippen LogP contribution in [0.5, 0.6) is 0 Å². The summed E-state index contributed by atoms with van der Waals surface area (Å²) in [7, 11) is 0. The van der Waals surface area contributed by atoms with Gasteiger partial charge in [-0.2, -0.15) is 0 Å². The smallest absolute Gasteiger partial charge is 0.323 e. The highest BCUT2D eigenvalue weighted by Crippen LogP contribution is 2.18. The average molecular weight is 216 g/mol. The van der Waals surface area contributed by atoms with Crippen molar-refractivity contribution in [2.24, 2.45) is 5.73 Å². The molecular formula is C9H16N2O4. The molecule has 15 heavy (non-hydrogen) atoms. The summed E-state index contributed by atoms with van der Waals surface area (Å²) in [5, 5.41) is 8.62. The summed E-state index contributed by atoms with van der Waals surface area (Å²) in [6, 6.07) is 0. The van der Waals surface area contributed by atoms with Gasteiger partial charge in [-0.05, 0) is 13.3 Å². The van der Waals surface area contributed by atoms with E-state index >= 15 is 0 Å². The van der Waals surface area contributed by atoms with E-state index in [9.17, 15) is 9.59 Å². The number of amides is 1. The van der Waals surface area contributed by atoms with Gasteiger partial charge in [0.1, 0.15) is 12.1 Å². The van der Waals surface area contributed by atoms with E-state index in [4.69, 9.17) is 15.6 Å². The number of aliphatic carboxylic acids is 1. The third-order valence-corrected chi connectivity index (χ3v) is 2.47. The van der Waals surface area contributed by atoms with Crippen LogP contribution in [0, 0.1) is 0 Å². The largest absolute Gasteiger partial charge is 0.480 e. The number of carboxylic acids is 1. The van der Waals surface area contributed by atoms with E-state index in [1.807, 2.05) is 0 Å². The van der Waals surface area contributed by atoms with Crippen LogP contribution in [-0.4, -0.2) is 53.7 Å². The number of rotatable bonds is 4. The highest BCUT2D eigenvalue weighted by atomic mass is 16.5. The maximum absolute atomic E-state index is 11.9. The molecule has 0 radical (unpaired) electrons. The molecule has 1 fully saturated rings. The van der Waals surface area contributed by atoms with Gasteiger partial charge < -0.3 is 20.5 Å². The molecule has 0 aromatic carbocycles. The number of hydrogen-bond donors (Lipinski definition) is 2. The molecule has 1 aliphatic heterocycles. The number of hydrogen-bond acceptors (Lipinski definition) is 4. The van der Waals surface area contributed by atoms with Crippen LogP contribution < -0.4 is 5.73 Å². The molecule has 1 saturated heterocycles. The standard InChI is InChI=1S/C9H16N2O4/c1-2-11(5-7(12)13)8(14)9(10)3-4-15-6-9/h2-6,10H2,1H3,(H,12,13). The summed E-state index contributed by atoms with van der Waals surface area (Å²) in [5.74, 6) is -1.38. The monoisotopic (exact) mass is 216 g/mol. The van der Waals surface area contributed by atoms with E-state index < -0.39 is 11.5 Å². The topological polar surface area (TPSA) is 92.9 Å². The van der Waals surface area contributed by atoms with Crippen molar-refractivity contribution in [2.45, 2.75) is 18.9 Å². The first-order chi connectivity index (χ1) is 6.99. The van der Waals surface area contributed by atoms with Crippen LogP contribution in [0.2, 0.25) is 0 Å². The first-order valence-electron chi connectivity index (χ1n) is 4.87. The molecule has 1 atom stereocenters. The fourth-order valence-electron chi connectivity index (χ4n) is 1.55. The third-order valence-electron chi connectivity index (χ3n) is 2.47. The molecule has 1 heterocycles. The highest BCUT2D eigenvalue weighted by molar-refractivity contribution is 5.89. The highest BCUT2D eigenvalue weighted by Gasteiger charge is 2.41. The number of carbonyl (C=O) groups excluding carboxylic acids is 1. The van der Waals surface area contributed by atoms with Crippen molar-refractivity contribution < 1.29 is 19.4 Å². The van der Waals surface area contributed by atoms with Gasteiger partial charge in [-0.1, -0.05) is 0 Å². The summed E-state index contributed by atoms with van der Waals surface area (Å²) in [6.45, 7) is 2.37. The molecule has 1 rings (SSSR count). The fraction of sp³-hybridized carbons (Fsp3) is 0.778. The van der Waals surface area contributed by atoms with E-state index in [1.165, 1.54) is 4.90 Å². The van der Waals surface area contributed by atoms with Crippen LogP contribution in [0.1, 0.15) is 13.3 Å². The lowest BCUT2D eigenvalue weighted by atomic mass is 9.98. The lowest BCUT2D eigenvalue weighted by Gasteiger charge is -2.28. The summed E-state index contributed by atoms with van der Waals surface area (Å²) in [5.41, 5.74) is 4.81. The van der Waals surface area contributed by atoms with Crippen LogP contribution in [0.4, 0.5) is 0 Å². The predicted octanol–water partition coefficient (Wildman–Crippen LogP) is -0.963. The summed E-state index contributed by atoms with van der Waals surface area (Å²) < 4.78 is 5.06. The number of nitrogens with zero attached hydrogens (tertiary/aromatic N) is 1. The zero-order valence-electron chi connectivity index (χ0n) is 8.73. The Hall–Kier alpha value is -1.14. The summed E-state index contributed by atoms with van der Waals surface area (Å²) >= 11 is 0. The van der Waals surface area contributed by atoms with Crippen LogP contribution >= 0.6 is 0 Å². The number of nitrogens with two attached hydrogens (primary N) is 1. The predicted molar refractivity (Wildman–Crippen MR) is 52.2 cm³/mol. The minimum Gasteiger partial charge on any atom is -0.480 e. The Bertz CT molecular complexity index is 261. The maximum Gasteiger partial charge on any atom is 0.323 e. The Morgan fingerprint density at radius 2 is 2.27 bits per heavy atom. The first-order valence-corrected chi connectivity index (χ1v) is 4.87. The molecule has 3 N–H and O–H groups in total. The molecule has 1 aliphatic rings. The van der Waals surface area contributed by atoms with Crippen molar-refractivity contribution >= 4 is 11.9 Å². The van der Waals surface area contributed by atoms with Crippen molar-refractivity contribution in [3.05, 3.63) is 0 Å². The zero-order chi connectivity index (χ0) is 11.5. The third kappa shape index (κ3) is 2.66. The summed E-state index contributed by atoms with van der Waals surface area (Å²) in [4.78, 5) is 23.7. The van der Waals surface area contributed by atoms with E-state index in [0.29, 0.717) is 19.6 Å². The van der Waals surface area contributed by atoms with Crippen molar-refractivity contribution in [1.82, 2.24) is 4.90 Å². The van der Waals surface area contributed by atoms with Gasteiger partial charge in [-0.25, -0.2) is 0 Å². The minimum absolute atomic E-state index is 0.169. The lowest BCUT2D eigenvalue weighted by molar-refractivity contribution is -0.146. The molecule has 86 valence electrons. The van der Waals surface area contributed by atoms with E-state index in [0.717, 1.165) is 0 Å². The van der Waals surface area contributed by atoms with Crippen LogP contribution in [0.3, 0.4) is 0 Å². The molecular weight excluding hydrogens is 200 g/mol. The van der Waals surface area contributed by atoms with E-state index in [1.54, 1.807) is 6.92 Å². The van der Waals surface area contributed by atoms with Crippen molar-refractivity contribution in [1.29, 1.82) is 0 Å². The average Bonchev–Trinajstić information content (AvgIpc) is 2.61. The van der Waals surface area contributed by atoms with Gasteiger partial charge in [0.25, 0.3) is 0 Å². The SMILES string of the molecule is CCN(CC(=O)O)C(=O)C1(N)CCOC1. The quantitative estimate of drug-likeness (QED) is 0.631. The van der Waals surface area contributed by atoms with Crippen LogP contribution in [0.25, 0.3) is 0 Å². The van der Waals surface area contributed by atoms with Gasteiger partial charge in [0.05, 0.1) is 6.61 Å².